The SMILES string of the molecule is C/C=C\C(=C/C)C(=O)c1cccc(-c2ccc3c(c2)c2cccc4c2c2c(cccc32)C42c3ccccc3-c3ccccc32)c1. The first-order valence-electron chi connectivity index (χ1n) is 15.7. The number of hydrogen-bond acceptors (Lipinski definition) is 1. The summed E-state index contributed by atoms with van der Waals surface area (Å²) in [6.45, 7) is 3.85. The Bertz CT molecular complexity index is 2430. The normalized spacial score (nSPS) is 14.3. The molecule has 0 N–H and O–H groups in total. The maximum Gasteiger partial charge on any atom is 0.192 e. The van der Waals surface area contributed by atoms with Gasteiger partial charge in [-0.1, -0.05) is 133 Å². The van der Waals surface area contributed by atoms with Gasteiger partial charge in [0.2, 0.25) is 0 Å². The minimum atomic E-state index is -0.346. The number of hydrogen-bond donors (Lipinski definition) is 0. The van der Waals surface area contributed by atoms with Crippen molar-refractivity contribution in [1.82, 2.24) is 0 Å². The largest absolute Gasteiger partial charge is 0.289 e. The smallest absolute Gasteiger partial charge is 0.192 e. The lowest BCUT2D eigenvalue weighted by Crippen LogP contribution is -2.25. The molecular weight excluding hydrogens is 544 g/mol. The van der Waals surface area contributed by atoms with Crippen LogP contribution in [0.5, 0.6) is 0 Å². The molecule has 7 aromatic rings. The molecule has 0 heterocycles. The van der Waals surface area contributed by atoms with E-state index >= 15 is 0 Å². The van der Waals surface area contributed by atoms with Crippen LogP contribution in [0.25, 0.3) is 54.6 Å². The van der Waals surface area contributed by atoms with Crippen LogP contribution in [0.4, 0.5) is 0 Å². The van der Waals surface area contributed by atoms with E-state index in [1.54, 1.807) is 0 Å². The van der Waals surface area contributed by atoms with Crippen molar-refractivity contribution in [3.8, 4) is 22.3 Å². The molecule has 2 aliphatic carbocycles. The average Bonchev–Trinajstić information content (AvgIpc) is 3.58. The van der Waals surface area contributed by atoms with Crippen LogP contribution in [-0.4, -0.2) is 5.78 Å². The van der Waals surface area contributed by atoms with Gasteiger partial charge >= 0.3 is 0 Å². The Hall–Kier alpha value is -5.53. The van der Waals surface area contributed by atoms with E-state index in [4.69, 9.17) is 0 Å². The van der Waals surface area contributed by atoms with Gasteiger partial charge in [-0.3, -0.25) is 4.79 Å². The second-order valence-corrected chi connectivity index (χ2v) is 12.2. The molecule has 7 aromatic carbocycles. The predicted molar refractivity (Wildman–Crippen MR) is 188 cm³/mol. The molecule has 212 valence electrons. The van der Waals surface area contributed by atoms with Gasteiger partial charge in [-0.05, 0) is 103 Å². The third kappa shape index (κ3) is 3.30. The fourth-order valence-corrected chi connectivity index (χ4v) is 8.35. The highest BCUT2D eigenvalue weighted by atomic mass is 16.1. The van der Waals surface area contributed by atoms with E-state index in [0.29, 0.717) is 11.1 Å². The summed E-state index contributed by atoms with van der Waals surface area (Å²) >= 11 is 0. The van der Waals surface area contributed by atoms with Gasteiger partial charge in [-0.15, -0.1) is 0 Å². The summed E-state index contributed by atoms with van der Waals surface area (Å²) < 4.78 is 0. The molecule has 0 radical (unpaired) electrons. The number of fused-ring (bicyclic) bond motifs is 10. The van der Waals surface area contributed by atoms with E-state index in [2.05, 4.69) is 109 Å². The fraction of sp³-hybridized carbons (Fsp3) is 0.0682. The lowest BCUT2D eigenvalue weighted by molar-refractivity contribution is 0.103. The molecule has 1 heteroatoms. The molecule has 45 heavy (non-hydrogen) atoms. The van der Waals surface area contributed by atoms with Gasteiger partial charge in [-0.25, -0.2) is 0 Å². The van der Waals surface area contributed by atoms with Gasteiger partial charge in [-0.2, -0.15) is 0 Å². The minimum absolute atomic E-state index is 0.0418. The van der Waals surface area contributed by atoms with Crippen molar-refractivity contribution in [3.63, 3.8) is 0 Å². The summed E-state index contributed by atoms with van der Waals surface area (Å²) in [4.78, 5) is 13.3. The molecule has 0 aromatic heterocycles. The lowest BCUT2D eigenvalue weighted by Gasteiger charge is -2.30. The molecule has 0 amide bonds. The van der Waals surface area contributed by atoms with Gasteiger partial charge in [0.1, 0.15) is 0 Å². The molecule has 0 saturated carbocycles. The van der Waals surface area contributed by atoms with Crippen molar-refractivity contribution in [2.24, 2.45) is 0 Å². The Morgan fingerprint density at radius 2 is 1.11 bits per heavy atom. The third-order valence-electron chi connectivity index (χ3n) is 10.1. The van der Waals surface area contributed by atoms with Crippen LogP contribution in [0.2, 0.25) is 0 Å². The Labute approximate surface area is 262 Å². The van der Waals surface area contributed by atoms with Crippen molar-refractivity contribution >= 4 is 38.1 Å². The van der Waals surface area contributed by atoms with Crippen molar-refractivity contribution in [2.45, 2.75) is 19.3 Å². The second-order valence-electron chi connectivity index (χ2n) is 12.2. The molecule has 0 saturated heterocycles. The van der Waals surface area contributed by atoms with Crippen molar-refractivity contribution < 1.29 is 4.79 Å². The van der Waals surface area contributed by atoms with Gasteiger partial charge in [0, 0.05) is 11.1 Å². The monoisotopic (exact) mass is 574 g/mol. The molecule has 9 rings (SSSR count). The summed E-state index contributed by atoms with van der Waals surface area (Å²) in [7, 11) is 0. The minimum Gasteiger partial charge on any atom is -0.289 e. The van der Waals surface area contributed by atoms with E-state index in [-0.39, 0.29) is 11.2 Å². The van der Waals surface area contributed by atoms with Gasteiger partial charge in [0.25, 0.3) is 0 Å². The van der Waals surface area contributed by atoms with Crippen LogP contribution in [0.1, 0.15) is 46.5 Å². The number of carbonyl (C=O) groups is 1. The summed E-state index contributed by atoms with van der Waals surface area (Å²) in [5, 5.41) is 7.79. The van der Waals surface area contributed by atoms with Crippen LogP contribution < -0.4 is 0 Å². The summed E-state index contributed by atoms with van der Waals surface area (Å²) in [5.74, 6) is 0.0418. The molecule has 1 nitrogen and oxygen atoms in total. The zero-order valence-corrected chi connectivity index (χ0v) is 25.3. The molecule has 0 bridgehead atoms. The number of benzene rings is 7. The van der Waals surface area contributed by atoms with Crippen LogP contribution in [0.3, 0.4) is 0 Å². The summed E-state index contributed by atoms with van der Waals surface area (Å²) in [6, 6.07) is 46.6. The zero-order valence-electron chi connectivity index (χ0n) is 25.3. The van der Waals surface area contributed by atoms with Crippen molar-refractivity contribution in [1.29, 1.82) is 0 Å². The number of ketones is 1. The van der Waals surface area contributed by atoms with Crippen LogP contribution in [0.15, 0.2) is 151 Å². The highest BCUT2D eigenvalue weighted by molar-refractivity contribution is 6.30. The first-order valence-corrected chi connectivity index (χ1v) is 15.7. The molecule has 0 fully saturated rings. The van der Waals surface area contributed by atoms with Crippen LogP contribution >= 0.6 is 0 Å². The van der Waals surface area contributed by atoms with E-state index in [1.807, 2.05) is 50.3 Å². The zero-order chi connectivity index (χ0) is 30.3. The average molecular weight is 575 g/mol. The Morgan fingerprint density at radius 3 is 1.76 bits per heavy atom. The van der Waals surface area contributed by atoms with E-state index in [0.717, 1.165) is 11.1 Å². The maximum absolute atomic E-state index is 13.3. The van der Waals surface area contributed by atoms with Crippen LogP contribution in [0, 0.1) is 0 Å². The highest BCUT2D eigenvalue weighted by Gasteiger charge is 2.50. The molecule has 0 aliphatic heterocycles. The van der Waals surface area contributed by atoms with Crippen molar-refractivity contribution in [2.75, 3.05) is 0 Å². The maximum atomic E-state index is 13.3. The molecule has 0 atom stereocenters. The number of Topliss-reactive ketones (excluding diaryl/α,β-unsaturated/α-hetero) is 1. The Balaban J connectivity index is 1.33. The first kappa shape index (κ1) is 25.9. The van der Waals surface area contributed by atoms with E-state index in [1.165, 1.54) is 65.7 Å². The number of rotatable bonds is 4. The van der Waals surface area contributed by atoms with Gasteiger partial charge < -0.3 is 0 Å². The lowest BCUT2D eigenvalue weighted by atomic mass is 9.70. The molecule has 1 spiro atoms. The molecule has 2 aliphatic rings. The topological polar surface area (TPSA) is 17.1 Å². The fourth-order valence-electron chi connectivity index (χ4n) is 8.35. The van der Waals surface area contributed by atoms with Crippen molar-refractivity contribution in [3.05, 3.63) is 179 Å². The first-order chi connectivity index (χ1) is 22.2. The van der Waals surface area contributed by atoms with Gasteiger partial charge in [0.15, 0.2) is 5.78 Å². The van der Waals surface area contributed by atoms with E-state index in [9.17, 15) is 4.79 Å². The van der Waals surface area contributed by atoms with Gasteiger partial charge in [0.05, 0.1) is 5.41 Å². The summed E-state index contributed by atoms with van der Waals surface area (Å²) in [5.41, 5.74) is 11.3. The third-order valence-corrected chi connectivity index (χ3v) is 10.1. The standard InChI is InChI=1S/C44H30O/c1-3-12-27(4-2)43(45)30-14-9-13-28(25-30)29-23-24-31-34-17-10-21-39-41(34)42-35(36(31)26-29)18-11-22-40(42)44(39)37-19-7-5-15-32(37)33-16-6-8-20-38(33)44/h3-26H,1-2H3/b12-3-,27-4+. The summed E-state index contributed by atoms with van der Waals surface area (Å²) in [6.07, 6.45) is 5.67. The quantitative estimate of drug-likeness (QED) is 0.0884. The van der Waals surface area contributed by atoms with E-state index < -0.39 is 0 Å². The molecular formula is C44H30O. The Morgan fingerprint density at radius 1 is 0.533 bits per heavy atom. The second kappa shape index (κ2) is 9.48. The van der Waals surface area contributed by atoms with Crippen LogP contribution in [-0.2, 0) is 5.41 Å². The number of carbonyl (C=O) groups excluding carboxylic acids is 1. The predicted octanol–water partition coefficient (Wildman–Crippen LogP) is 11.2. The Kier molecular flexibility index (Phi) is 5.46. The number of allylic oxidation sites excluding steroid dienone is 4. The highest BCUT2D eigenvalue weighted by Crippen LogP contribution is 2.63. The molecule has 0 unspecified atom stereocenters.